The summed E-state index contributed by atoms with van der Waals surface area (Å²) in [6, 6.07) is 5.04. The highest BCUT2D eigenvalue weighted by atomic mass is 16.4. The van der Waals surface area contributed by atoms with Gasteiger partial charge in [-0.2, -0.15) is 5.10 Å². The van der Waals surface area contributed by atoms with Crippen LogP contribution in [0, 0.1) is 5.92 Å². The largest absolute Gasteiger partial charge is 0.476 e. The number of fused-ring (bicyclic) bond motifs is 1. The minimum absolute atomic E-state index is 0.0660. The molecule has 0 radical (unpaired) electrons. The molecular formula is C19H24N4O4. The molecule has 1 aromatic heterocycles. The van der Waals surface area contributed by atoms with Gasteiger partial charge in [0.05, 0.1) is 11.6 Å². The van der Waals surface area contributed by atoms with Crippen molar-refractivity contribution in [2.75, 3.05) is 32.7 Å². The molecule has 2 fully saturated rings. The average Bonchev–Trinajstić information content (AvgIpc) is 3.26. The fraction of sp³-hybridized carbons (Fsp3) is 0.526. The van der Waals surface area contributed by atoms with Gasteiger partial charge in [0.2, 0.25) is 0 Å². The first-order valence-electron chi connectivity index (χ1n) is 9.42. The molecule has 0 bridgehead atoms. The Labute approximate surface area is 156 Å². The number of H-pyrrole nitrogens is 1. The predicted octanol–water partition coefficient (Wildman–Crippen LogP) is 1.18. The number of carboxylic acid groups (broad SMARTS) is 1. The molecule has 2 aliphatic heterocycles. The molecule has 0 aliphatic carbocycles. The minimum Gasteiger partial charge on any atom is -0.476 e. The highest BCUT2D eigenvalue weighted by molar-refractivity contribution is 6.04. The lowest BCUT2D eigenvalue weighted by Gasteiger charge is -2.34. The van der Waals surface area contributed by atoms with Crippen molar-refractivity contribution in [2.24, 2.45) is 5.92 Å². The molecule has 1 aromatic carbocycles. The zero-order valence-electron chi connectivity index (χ0n) is 15.1. The van der Waals surface area contributed by atoms with Crippen LogP contribution in [0.5, 0.6) is 0 Å². The molecule has 2 aliphatic rings. The number of nitrogens with one attached hydrogen (secondary N) is 1. The normalized spacial score (nSPS) is 23.8. The second-order valence-corrected chi connectivity index (χ2v) is 7.60. The van der Waals surface area contributed by atoms with Gasteiger partial charge in [-0.05, 0) is 43.4 Å². The van der Waals surface area contributed by atoms with E-state index in [1.54, 1.807) is 18.2 Å². The Kier molecular flexibility index (Phi) is 4.84. The summed E-state index contributed by atoms with van der Waals surface area (Å²) in [6.07, 6.45) is 2.64. The number of aliphatic hydroxyl groups excluding tert-OH is 1. The molecule has 8 heteroatoms. The Morgan fingerprint density at radius 2 is 2.07 bits per heavy atom. The Balaban J connectivity index is 1.47. The molecule has 2 unspecified atom stereocenters. The number of amides is 1. The first-order valence-corrected chi connectivity index (χ1v) is 9.42. The highest BCUT2D eigenvalue weighted by Gasteiger charge is 2.28. The van der Waals surface area contributed by atoms with Crippen molar-refractivity contribution in [3.05, 3.63) is 29.5 Å². The lowest BCUT2D eigenvalue weighted by molar-refractivity contribution is 0.0640. The van der Waals surface area contributed by atoms with Crippen molar-refractivity contribution in [3.8, 4) is 0 Å². The molecule has 3 N–H and O–H groups in total. The number of carboxylic acids is 1. The zero-order valence-corrected chi connectivity index (χ0v) is 15.1. The van der Waals surface area contributed by atoms with E-state index in [-0.39, 0.29) is 17.7 Å². The number of benzene rings is 1. The van der Waals surface area contributed by atoms with Gasteiger partial charge in [-0.3, -0.25) is 9.89 Å². The van der Waals surface area contributed by atoms with Crippen molar-refractivity contribution in [1.82, 2.24) is 20.0 Å². The van der Waals surface area contributed by atoms with Gasteiger partial charge in [0.1, 0.15) is 0 Å². The summed E-state index contributed by atoms with van der Waals surface area (Å²) in [4.78, 5) is 28.4. The quantitative estimate of drug-likeness (QED) is 0.743. The number of carbonyl (C=O) groups is 2. The molecule has 4 rings (SSSR count). The van der Waals surface area contributed by atoms with Crippen LogP contribution >= 0.6 is 0 Å². The number of nitrogens with zero attached hydrogens (tertiary/aromatic N) is 3. The molecule has 1 amide bonds. The Morgan fingerprint density at radius 3 is 2.81 bits per heavy atom. The first kappa shape index (κ1) is 17.9. The zero-order chi connectivity index (χ0) is 19.0. The maximum Gasteiger partial charge on any atom is 0.357 e. The third-order valence-electron chi connectivity index (χ3n) is 5.58. The summed E-state index contributed by atoms with van der Waals surface area (Å²) in [5, 5.41) is 25.9. The molecule has 144 valence electrons. The maximum atomic E-state index is 13.0. The van der Waals surface area contributed by atoms with Gasteiger partial charge in [0.15, 0.2) is 5.69 Å². The van der Waals surface area contributed by atoms with Gasteiger partial charge >= 0.3 is 5.97 Å². The van der Waals surface area contributed by atoms with Gasteiger partial charge in [0.25, 0.3) is 5.91 Å². The summed E-state index contributed by atoms with van der Waals surface area (Å²) in [5.74, 6) is -0.780. The Bertz CT molecular complexity index is 865. The Morgan fingerprint density at radius 1 is 1.22 bits per heavy atom. The third-order valence-corrected chi connectivity index (χ3v) is 5.58. The number of rotatable bonds is 4. The number of hydrogen-bond donors (Lipinski definition) is 3. The molecule has 2 aromatic rings. The van der Waals surface area contributed by atoms with Crippen LogP contribution in [-0.2, 0) is 0 Å². The predicted molar refractivity (Wildman–Crippen MR) is 98.7 cm³/mol. The van der Waals surface area contributed by atoms with Crippen LogP contribution in [0.25, 0.3) is 10.9 Å². The van der Waals surface area contributed by atoms with Crippen molar-refractivity contribution in [1.29, 1.82) is 0 Å². The smallest absolute Gasteiger partial charge is 0.357 e. The van der Waals surface area contributed by atoms with Crippen LogP contribution in [0.1, 0.15) is 40.1 Å². The van der Waals surface area contributed by atoms with Crippen molar-refractivity contribution >= 4 is 22.8 Å². The summed E-state index contributed by atoms with van der Waals surface area (Å²) < 4.78 is 0. The molecule has 0 saturated carbocycles. The van der Waals surface area contributed by atoms with Crippen LogP contribution in [0.3, 0.4) is 0 Å². The Hall–Kier alpha value is -2.45. The molecule has 3 heterocycles. The SMILES string of the molecule is O=C(O)c1n[nH]c2ccc(C(=O)N3CCCC(CN4CCC(O)C4)C3)cc12. The van der Waals surface area contributed by atoms with Gasteiger partial charge in [-0.15, -0.1) is 0 Å². The molecular weight excluding hydrogens is 348 g/mol. The molecule has 0 spiro atoms. The number of likely N-dealkylation sites (tertiary alicyclic amines) is 2. The van der Waals surface area contributed by atoms with E-state index in [4.69, 9.17) is 0 Å². The van der Waals surface area contributed by atoms with Crippen LogP contribution in [-0.4, -0.2) is 80.9 Å². The van der Waals surface area contributed by atoms with E-state index in [0.29, 0.717) is 35.5 Å². The van der Waals surface area contributed by atoms with Crippen molar-refractivity contribution in [3.63, 3.8) is 0 Å². The fourth-order valence-corrected chi connectivity index (χ4v) is 4.23. The van der Waals surface area contributed by atoms with E-state index >= 15 is 0 Å². The summed E-state index contributed by atoms with van der Waals surface area (Å²) >= 11 is 0. The van der Waals surface area contributed by atoms with E-state index in [2.05, 4.69) is 15.1 Å². The van der Waals surface area contributed by atoms with Crippen LogP contribution < -0.4 is 0 Å². The lowest BCUT2D eigenvalue weighted by Crippen LogP contribution is -2.43. The number of aliphatic hydroxyl groups is 1. The van der Waals surface area contributed by atoms with E-state index < -0.39 is 5.97 Å². The number of β-amino-alcohol motifs (C(OH)–C–C–N with tert-alkyl or cyclic N) is 1. The minimum atomic E-state index is -1.11. The third kappa shape index (κ3) is 3.68. The van der Waals surface area contributed by atoms with Crippen LogP contribution in [0.15, 0.2) is 18.2 Å². The number of aromatic amines is 1. The summed E-state index contributed by atoms with van der Waals surface area (Å²) in [7, 11) is 0. The van der Waals surface area contributed by atoms with Gasteiger partial charge in [0, 0.05) is 43.7 Å². The maximum absolute atomic E-state index is 13.0. The molecule has 2 saturated heterocycles. The first-order chi connectivity index (χ1) is 13.0. The second kappa shape index (κ2) is 7.28. The number of carbonyl (C=O) groups excluding carboxylic acids is 1. The van der Waals surface area contributed by atoms with E-state index in [1.165, 1.54) is 0 Å². The van der Waals surface area contributed by atoms with Gasteiger partial charge < -0.3 is 20.0 Å². The number of hydrogen-bond acceptors (Lipinski definition) is 5. The topological polar surface area (TPSA) is 110 Å². The second-order valence-electron chi connectivity index (χ2n) is 7.60. The van der Waals surface area contributed by atoms with Crippen LogP contribution in [0.4, 0.5) is 0 Å². The number of aromatic nitrogens is 2. The summed E-state index contributed by atoms with van der Waals surface area (Å²) in [6.45, 7) is 3.96. The average molecular weight is 372 g/mol. The molecule has 8 nitrogen and oxygen atoms in total. The fourth-order valence-electron chi connectivity index (χ4n) is 4.23. The molecule has 2 atom stereocenters. The van der Waals surface area contributed by atoms with E-state index in [0.717, 1.165) is 38.9 Å². The van der Waals surface area contributed by atoms with E-state index in [9.17, 15) is 19.8 Å². The van der Waals surface area contributed by atoms with E-state index in [1.807, 2.05) is 4.90 Å². The molecule has 27 heavy (non-hydrogen) atoms. The van der Waals surface area contributed by atoms with Gasteiger partial charge in [-0.25, -0.2) is 4.79 Å². The number of piperidine rings is 1. The summed E-state index contributed by atoms with van der Waals surface area (Å²) in [5.41, 5.74) is 1.03. The van der Waals surface area contributed by atoms with Gasteiger partial charge in [-0.1, -0.05) is 0 Å². The standard InChI is InChI=1S/C19H24N4O4/c24-14-5-7-22(11-14)9-12-2-1-6-23(10-12)18(25)13-3-4-16-15(8-13)17(19(26)27)21-20-16/h3-4,8,12,14,24H,1-2,5-7,9-11H2,(H,20,21)(H,26,27). The highest BCUT2D eigenvalue weighted by Crippen LogP contribution is 2.23. The lowest BCUT2D eigenvalue weighted by atomic mass is 9.96. The van der Waals surface area contributed by atoms with Crippen molar-refractivity contribution in [2.45, 2.75) is 25.4 Å². The number of aromatic carboxylic acids is 1. The van der Waals surface area contributed by atoms with Crippen molar-refractivity contribution < 1.29 is 19.8 Å². The monoisotopic (exact) mass is 372 g/mol. The van der Waals surface area contributed by atoms with Crippen LogP contribution in [0.2, 0.25) is 0 Å².